The quantitative estimate of drug-likeness (QED) is 0.181. The molecule has 7 heterocycles. The van der Waals surface area contributed by atoms with Gasteiger partial charge in [0.1, 0.15) is 18.8 Å². The lowest BCUT2D eigenvalue weighted by Gasteiger charge is -2.47. The SMILES string of the molecule is CC(O)C(C(=O)[O-])C1C(C)C(SC2Cn3cnc[n+]3C2)=C(C(=O)[O-])N1C(=O)C1=C(SC2Cn3cnc[n+]3C2)C(C)C2C(C(C)O)C(=O)N12. The Kier molecular flexibility index (Phi) is 8.19. The number of carboxylic acids is 2. The number of nitrogens with zero attached hydrogens (tertiary/aromatic N) is 8. The van der Waals surface area contributed by atoms with Crippen LogP contribution in [0.5, 0.6) is 0 Å². The van der Waals surface area contributed by atoms with Gasteiger partial charge in [-0.1, -0.05) is 13.8 Å². The Morgan fingerprint density at radius 1 is 0.917 bits per heavy atom. The lowest BCUT2D eigenvalue weighted by molar-refractivity contribution is -0.758. The highest BCUT2D eigenvalue weighted by Gasteiger charge is 2.62. The smallest absolute Gasteiger partial charge is 0.306 e. The summed E-state index contributed by atoms with van der Waals surface area (Å²) < 4.78 is 7.59. The maximum Gasteiger partial charge on any atom is 0.306 e. The fourth-order valence-electron chi connectivity index (χ4n) is 8.05. The molecule has 16 nitrogen and oxygen atoms in total. The van der Waals surface area contributed by atoms with Crippen molar-refractivity contribution in [1.29, 1.82) is 0 Å². The molecule has 0 aromatic carbocycles. The number of fused-ring (bicyclic) bond motifs is 3. The van der Waals surface area contributed by atoms with Gasteiger partial charge in [-0.05, 0) is 23.8 Å². The molecule has 2 N–H and O–H groups in total. The predicted octanol–water partition coefficient (Wildman–Crippen LogP) is -3.79. The first-order chi connectivity index (χ1) is 22.8. The summed E-state index contributed by atoms with van der Waals surface area (Å²) in [6.07, 6.45) is 4.18. The van der Waals surface area contributed by atoms with Crippen LogP contribution < -0.4 is 19.6 Å². The average Bonchev–Trinajstić information content (AvgIpc) is 3.82. The molecule has 5 aliphatic heterocycles. The van der Waals surface area contributed by atoms with Crippen molar-refractivity contribution in [2.24, 2.45) is 23.7 Å². The molecule has 0 spiro atoms. The van der Waals surface area contributed by atoms with E-state index in [4.69, 9.17) is 0 Å². The van der Waals surface area contributed by atoms with E-state index >= 15 is 4.79 Å². The predicted molar refractivity (Wildman–Crippen MR) is 162 cm³/mol. The first-order valence-electron chi connectivity index (χ1n) is 15.9. The second-order valence-electron chi connectivity index (χ2n) is 13.2. The molecule has 1 fully saturated rings. The summed E-state index contributed by atoms with van der Waals surface area (Å²) in [7, 11) is 0. The van der Waals surface area contributed by atoms with E-state index in [2.05, 4.69) is 9.97 Å². The lowest BCUT2D eigenvalue weighted by atomic mass is 9.79. The van der Waals surface area contributed by atoms with Crippen molar-refractivity contribution in [1.82, 2.24) is 29.1 Å². The number of thioether (sulfide) groups is 2. The van der Waals surface area contributed by atoms with Gasteiger partial charge in [-0.15, -0.1) is 23.5 Å². The second kappa shape index (κ2) is 12.0. The minimum absolute atomic E-state index is 0.0394. The maximum absolute atomic E-state index is 15.0. The van der Waals surface area contributed by atoms with Crippen LogP contribution in [-0.2, 0) is 45.4 Å². The molecule has 0 saturated carbocycles. The fourth-order valence-corrected chi connectivity index (χ4v) is 11.0. The van der Waals surface area contributed by atoms with Gasteiger partial charge in [0.2, 0.25) is 18.6 Å². The number of amides is 2. The Morgan fingerprint density at radius 2 is 1.46 bits per heavy atom. The molecule has 256 valence electrons. The molecule has 8 unspecified atom stereocenters. The number of β-lactam (4-membered cyclic amide) rings is 1. The van der Waals surface area contributed by atoms with E-state index in [0.717, 1.165) is 4.90 Å². The van der Waals surface area contributed by atoms with Crippen LogP contribution in [0.4, 0.5) is 0 Å². The Hall–Kier alpha value is -3.74. The van der Waals surface area contributed by atoms with Crippen molar-refractivity contribution in [2.45, 2.75) is 88.7 Å². The fraction of sp³-hybridized carbons (Fsp3) is 0.600. The van der Waals surface area contributed by atoms with Crippen LogP contribution in [-0.4, -0.2) is 97.9 Å². The molecule has 0 aliphatic carbocycles. The van der Waals surface area contributed by atoms with E-state index in [1.165, 1.54) is 42.3 Å². The normalized spacial score (nSPS) is 31.1. The van der Waals surface area contributed by atoms with E-state index in [9.17, 15) is 34.8 Å². The number of carbonyl (C=O) groups excluding carboxylic acids is 4. The zero-order chi connectivity index (χ0) is 34.3. The van der Waals surface area contributed by atoms with Crippen molar-refractivity contribution >= 4 is 47.3 Å². The average molecular weight is 701 g/mol. The van der Waals surface area contributed by atoms with Gasteiger partial charge in [0.25, 0.3) is 5.91 Å². The van der Waals surface area contributed by atoms with Crippen LogP contribution in [0.25, 0.3) is 0 Å². The largest absolute Gasteiger partial charge is 0.550 e. The van der Waals surface area contributed by atoms with E-state index in [-0.39, 0.29) is 27.0 Å². The first kappa shape index (κ1) is 32.8. The van der Waals surface area contributed by atoms with E-state index in [1.54, 1.807) is 32.2 Å². The topological polar surface area (TPSA) is 205 Å². The number of carboxylic acid groups (broad SMARTS) is 2. The van der Waals surface area contributed by atoms with Crippen LogP contribution >= 0.6 is 23.5 Å². The number of aliphatic hydroxyl groups is 2. The maximum atomic E-state index is 15.0. The number of hydrogen-bond acceptors (Lipinski definition) is 12. The third kappa shape index (κ3) is 4.97. The highest BCUT2D eigenvalue weighted by atomic mass is 32.2. The van der Waals surface area contributed by atoms with Gasteiger partial charge in [-0.3, -0.25) is 9.59 Å². The number of hydrogen-bond donors (Lipinski definition) is 2. The Bertz CT molecular complexity index is 1730. The molecule has 5 aliphatic rings. The van der Waals surface area contributed by atoms with E-state index in [1.807, 2.05) is 25.7 Å². The summed E-state index contributed by atoms with van der Waals surface area (Å²) in [6, 6.07) is -1.91. The lowest BCUT2D eigenvalue weighted by Crippen LogP contribution is -2.64. The summed E-state index contributed by atoms with van der Waals surface area (Å²) >= 11 is 2.63. The van der Waals surface area contributed by atoms with Gasteiger partial charge >= 0.3 is 12.7 Å². The minimum Gasteiger partial charge on any atom is -0.550 e. The summed E-state index contributed by atoms with van der Waals surface area (Å²) in [5, 5.41) is 46.7. The highest BCUT2D eigenvalue weighted by Crippen LogP contribution is 2.54. The molecule has 2 aromatic rings. The van der Waals surface area contributed by atoms with Crippen molar-refractivity contribution < 1.29 is 49.0 Å². The van der Waals surface area contributed by atoms with Gasteiger partial charge in [0.05, 0.1) is 65.5 Å². The van der Waals surface area contributed by atoms with Crippen LogP contribution in [0.3, 0.4) is 0 Å². The van der Waals surface area contributed by atoms with Gasteiger partial charge in [-0.2, -0.15) is 18.7 Å². The first-order valence-corrected chi connectivity index (χ1v) is 17.6. The molecule has 0 radical (unpaired) electrons. The molecular formula is C30H36N8O8S2. The van der Waals surface area contributed by atoms with Crippen LogP contribution in [0.1, 0.15) is 27.7 Å². The van der Waals surface area contributed by atoms with Crippen LogP contribution in [0.2, 0.25) is 0 Å². The van der Waals surface area contributed by atoms with Crippen LogP contribution in [0.15, 0.2) is 46.5 Å². The molecular weight excluding hydrogens is 665 g/mol. The molecule has 18 heteroatoms. The third-order valence-electron chi connectivity index (χ3n) is 10.2. The number of carbonyl (C=O) groups is 4. The molecule has 48 heavy (non-hydrogen) atoms. The summed E-state index contributed by atoms with van der Waals surface area (Å²) in [6.45, 7) is 8.41. The van der Waals surface area contributed by atoms with Crippen molar-refractivity contribution in [2.75, 3.05) is 0 Å². The molecule has 2 aromatic heterocycles. The van der Waals surface area contributed by atoms with Gasteiger partial charge in [0, 0.05) is 33.5 Å². The molecule has 7 rings (SSSR count). The van der Waals surface area contributed by atoms with Crippen molar-refractivity contribution in [3.8, 4) is 0 Å². The highest BCUT2D eigenvalue weighted by molar-refractivity contribution is 8.04. The van der Waals surface area contributed by atoms with Gasteiger partial charge < -0.3 is 39.8 Å². The van der Waals surface area contributed by atoms with Crippen LogP contribution in [0, 0.1) is 23.7 Å². The summed E-state index contributed by atoms with van der Waals surface area (Å²) in [5.41, 5.74) is -0.525. The standard InChI is InChI=1S/C30H36N8O8S2/c1-13-21-19(15(3)39)27(41)37(21)23(25(13)47-17-5-33-9-31-10-34(33)6-17)28(42)38-22(20(16(4)40)29(43)44)14(2)26(24(38)30(45)46)48-18-7-35-11-32-12-36(35)8-18/h9-22,39-40H,5-8H2,1-4H3. The van der Waals surface area contributed by atoms with Gasteiger partial charge in [0.15, 0.2) is 0 Å². The molecule has 8 atom stereocenters. The Labute approximate surface area is 283 Å². The third-order valence-corrected chi connectivity index (χ3v) is 13.1. The number of aromatic nitrogens is 6. The second-order valence-corrected chi connectivity index (χ2v) is 15.9. The number of aliphatic carboxylic acids is 2. The van der Waals surface area contributed by atoms with E-state index in [0.29, 0.717) is 31.1 Å². The van der Waals surface area contributed by atoms with Crippen molar-refractivity contribution in [3.63, 3.8) is 0 Å². The Morgan fingerprint density at radius 3 is 1.92 bits per heavy atom. The zero-order valence-electron chi connectivity index (χ0n) is 26.6. The number of aliphatic hydroxyl groups excluding tert-OH is 2. The van der Waals surface area contributed by atoms with Crippen molar-refractivity contribution in [3.05, 3.63) is 46.5 Å². The van der Waals surface area contributed by atoms with Gasteiger partial charge in [-0.25, -0.2) is 0 Å². The monoisotopic (exact) mass is 700 g/mol. The summed E-state index contributed by atoms with van der Waals surface area (Å²) in [5.74, 6) is -8.33. The Balaban J connectivity index is 1.32. The van der Waals surface area contributed by atoms with E-state index < -0.39 is 71.5 Å². The molecule has 2 amide bonds. The minimum atomic E-state index is -1.68. The summed E-state index contributed by atoms with van der Waals surface area (Å²) in [4.78, 5) is 65.6. The molecule has 0 bridgehead atoms. The number of rotatable bonds is 10. The molecule has 1 saturated heterocycles. The zero-order valence-corrected chi connectivity index (χ0v) is 28.3.